The summed E-state index contributed by atoms with van der Waals surface area (Å²) in [5.74, 6) is 4.19. The number of amides is 2. The van der Waals surface area contributed by atoms with E-state index in [2.05, 4.69) is 32.2 Å². The summed E-state index contributed by atoms with van der Waals surface area (Å²) in [7, 11) is 3.55. The van der Waals surface area contributed by atoms with Crippen LogP contribution < -0.4 is 21.1 Å². The van der Waals surface area contributed by atoms with Crippen molar-refractivity contribution >= 4 is 52.6 Å². The number of piperazine rings is 1. The molecule has 2 aromatic heterocycles. The van der Waals surface area contributed by atoms with Crippen LogP contribution in [0.4, 0.5) is 11.4 Å². The largest absolute Gasteiger partial charge is 0.395 e. The predicted molar refractivity (Wildman–Crippen MR) is 152 cm³/mol. The smallest absolute Gasteiger partial charge is 0.295 e. The highest BCUT2D eigenvalue weighted by Gasteiger charge is 2.32. The first-order valence-electron chi connectivity index (χ1n) is 12.6. The van der Waals surface area contributed by atoms with E-state index in [1.54, 1.807) is 19.0 Å². The first-order chi connectivity index (χ1) is 19.3. The van der Waals surface area contributed by atoms with Crippen LogP contribution in [0.2, 0.25) is 0 Å². The van der Waals surface area contributed by atoms with Gasteiger partial charge in [-0.2, -0.15) is 10.1 Å². The molecule has 0 aliphatic carbocycles. The molecule has 14 nitrogen and oxygen atoms in total. The molecule has 0 spiro atoms. The molecule has 3 aromatic rings. The van der Waals surface area contributed by atoms with E-state index in [4.69, 9.17) is 10.9 Å². The number of hydrazone groups is 2. The van der Waals surface area contributed by atoms with Gasteiger partial charge in [-0.1, -0.05) is 18.2 Å². The molecule has 1 aliphatic rings. The Kier molecular flexibility index (Phi) is 8.59. The van der Waals surface area contributed by atoms with Gasteiger partial charge in [0.1, 0.15) is 0 Å². The maximum atomic E-state index is 13.5. The summed E-state index contributed by atoms with van der Waals surface area (Å²) in [5, 5.41) is 21.5. The van der Waals surface area contributed by atoms with Crippen molar-refractivity contribution in [3.8, 4) is 0 Å². The summed E-state index contributed by atoms with van der Waals surface area (Å²) < 4.78 is 0. The Morgan fingerprint density at radius 3 is 2.42 bits per heavy atom. The molecule has 3 heterocycles. The molecule has 1 saturated heterocycles. The van der Waals surface area contributed by atoms with Gasteiger partial charge in [0, 0.05) is 65.1 Å². The van der Waals surface area contributed by atoms with Crippen LogP contribution in [0, 0.1) is 0 Å². The van der Waals surface area contributed by atoms with E-state index in [0.29, 0.717) is 35.6 Å². The summed E-state index contributed by atoms with van der Waals surface area (Å²) >= 11 is 0. The zero-order chi connectivity index (χ0) is 28.8. The number of anilines is 2. The van der Waals surface area contributed by atoms with E-state index in [9.17, 15) is 14.4 Å². The number of benzene rings is 1. The van der Waals surface area contributed by atoms with E-state index < -0.39 is 17.6 Å². The lowest BCUT2D eigenvalue weighted by Gasteiger charge is -2.37. The number of aromatic amines is 1. The van der Waals surface area contributed by atoms with Gasteiger partial charge in [-0.25, -0.2) is 4.98 Å². The number of aromatic nitrogens is 2. The van der Waals surface area contributed by atoms with Crippen LogP contribution in [0.1, 0.15) is 20.8 Å². The number of aliphatic hydroxyl groups excluding tert-OH is 1. The zero-order valence-corrected chi connectivity index (χ0v) is 22.4. The van der Waals surface area contributed by atoms with Gasteiger partial charge in [-0.05, 0) is 12.1 Å². The Morgan fingerprint density at radius 2 is 1.82 bits per heavy atom. The number of nitrogens with two attached hydrogens (primary N) is 1. The van der Waals surface area contributed by atoms with Crippen LogP contribution in [0.25, 0.3) is 10.9 Å². The van der Waals surface area contributed by atoms with Crippen LogP contribution in [0.15, 0.2) is 52.9 Å². The number of carbonyl (C=O) groups is 3. The summed E-state index contributed by atoms with van der Waals surface area (Å²) in [6.07, 6.45) is 2.90. The van der Waals surface area contributed by atoms with Crippen molar-refractivity contribution in [1.82, 2.24) is 25.1 Å². The van der Waals surface area contributed by atoms with E-state index in [1.807, 2.05) is 35.2 Å². The number of nitrogens with one attached hydrogen (secondary N) is 2. The maximum Gasteiger partial charge on any atom is 0.295 e. The van der Waals surface area contributed by atoms with Crippen molar-refractivity contribution in [2.24, 2.45) is 16.0 Å². The average Bonchev–Trinajstić information content (AvgIpc) is 3.43. The lowest BCUT2D eigenvalue weighted by atomic mass is 10.1. The number of carbonyl (C=O) groups excluding carboxylic acids is 3. The molecular formula is C26H32N10O4. The van der Waals surface area contributed by atoms with Crippen molar-refractivity contribution in [2.45, 2.75) is 0 Å². The second kappa shape index (κ2) is 12.3. The average molecular weight is 549 g/mol. The third kappa shape index (κ3) is 5.42. The molecule has 1 fully saturated rings. The Bertz CT molecular complexity index is 1430. The molecule has 0 atom stereocenters. The van der Waals surface area contributed by atoms with Gasteiger partial charge in [0.05, 0.1) is 35.3 Å². The Labute approximate surface area is 230 Å². The number of guanidine groups is 1. The molecule has 0 unspecified atom stereocenters. The Hall–Kier alpha value is -4.98. The quantitative estimate of drug-likeness (QED) is 0.0755. The number of pyridine rings is 1. The fourth-order valence-electron chi connectivity index (χ4n) is 4.54. The van der Waals surface area contributed by atoms with Gasteiger partial charge in [-0.3, -0.25) is 14.4 Å². The standard InChI is InChI=1S/C26H32N10O4/c1-28-36(17-7-5-4-6-8-17)26(32-27)35-12-10-34(11-13-35)25(40)23(38)18-15-30-21-20(18)19(33(2)3)16-31-22(21)24(39)29-9-14-37/h4-8,15-16,30,37H,1,9-14,27H2,2-3H3,(H,29,39)/b32-26-. The summed E-state index contributed by atoms with van der Waals surface area (Å²) in [5.41, 5.74) is 1.81. The van der Waals surface area contributed by atoms with Crippen molar-refractivity contribution in [3.63, 3.8) is 0 Å². The van der Waals surface area contributed by atoms with Crippen LogP contribution in [0.5, 0.6) is 0 Å². The second-order valence-electron chi connectivity index (χ2n) is 9.14. The molecular weight excluding hydrogens is 516 g/mol. The predicted octanol–water partition coefficient (Wildman–Crippen LogP) is 0.0298. The minimum absolute atomic E-state index is 0.0525. The van der Waals surface area contributed by atoms with Crippen LogP contribution >= 0.6 is 0 Å². The number of ketones is 1. The summed E-state index contributed by atoms with van der Waals surface area (Å²) in [4.78, 5) is 51.7. The minimum atomic E-state index is -0.706. The van der Waals surface area contributed by atoms with Gasteiger partial charge in [0.15, 0.2) is 5.69 Å². The third-order valence-corrected chi connectivity index (χ3v) is 6.52. The molecule has 40 heavy (non-hydrogen) atoms. The molecule has 210 valence electrons. The van der Waals surface area contributed by atoms with E-state index in [-0.39, 0.29) is 37.5 Å². The van der Waals surface area contributed by atoms with Crippen molar-refractivity contribution < 1.29 is 19.5 Å². The van der Waals surface area contributed by atoms with Crippen LogP contribution in [-0.4, -0.2) is 109 Å². The SMILES string of the molecule is C=NN(/C(=N\N)N1CCN(C(=O)C(=O)c2c[nH]c3c(C(=O)NCCO)ncc(N(C)C)c23)CC1)c1ccccc1. The first kappa shape index (κ1) is 28.0. The fourth-order valence-corrected chi connectivity index (χ4v) is 4.54. The van der Waals surface area contributed by atoms with Gasteiger partial charge in [0.25, 0.3) is 17.6 Å². The Morgan fingerprint density at radius 1 is 1.15 bits per heavy atom. The Balaban J connectivity index is 1.54. The fraction of sp³-hybridized carbons (Fsp3) is 0.308. The van der Waals surface area contributed by atoms with Crippen molar-refractivity contribution in [3.05, 3.63) is 54.0 Å². The zero-order valence-electron chi connectivity index (χ0n) is 22.4. The monoisotopic (exact) mass is 548 g/mol. The maximum absolute atomic E-state index is 13.5. The number of para-hydroxylation sites is 1. The highest BCUT2D eigenvalue weighted by Crippen LogP contribution is 2.31. The molecule has 0 saturated carbocycles. The minimum Gasteiger partial charge on any atom is -0.395 e. The number of rotatable bonds is 8. The highest BCUT2D eigenvalue weighted by atomic mass is 16.3. The number of fused-ring (bicyclic) bond motifs is 1. The molecule has 0 bridgehead atoms. The lowest BCUT2D eigenvalue weighted by molar-refractivity contribution is -0.127. The summed E-state index contributed by atoms with van der Waals surface area (Å²) in [6.45, 7) is 4.69. The van der Waals surface area contributed by atoms with Gasteiger partial charge >= 0.3 is 0 Å². The third-order valence-electron chi connectivity index (χ3n) is 6.52. The van der Waals surface area contributed by atoms with Crippen LogP contribution in [-0.2, 0) is 4.79 Å². The second-order valence-corrected chi connectivity index (χ2v) is 9.14. The molecule has 4 rings (SSSR count). The molecule has 14 heteroatoms. The lowest BCUT2D eigenvalue weighted by Crippen LogP contribution is -2.55. The molecule has 5 N–H and O–H groups in total. The number of nitrogens with zero attached hydrogens (tertiary/aromatic N) is 7. The van der Waals surface area contributed by atoms with Crippen molar-refractivity contribution in [1.29, 1.82) is 0 Å². The van der Waals surface area contributed by atoms with E-state index >= 15 is 0 Å². The molecule has 2 amide bonds. The van der Waals surface area contributed by atoms with E-state index in [1.165, 1.54) is 22.3 Å². The topological polar surface area (TPSA) is 176 Å². The number of hydrogen-bond donors (Lipinski definition) is 4. The molecule has 1 aromatic carbocycles. The normalized spacial score (nSPS) is 13.7. The number of H-pyrrole nitrogens is 1. The van der Waals surface area contributed by atoms with Gasteiger partial charge < -0.3 is 35.9 Å². The van der Waals surface area contributed by atoms with Gasteiger partial charge in [0.2, 0.25) is 5.96 Å². The highest BCUT2D eigenvalue weighted by molar-refractivity contribution is 6.45. The van der Waals surface area contributed by atoms with E-state index in [0.717, 1.165) is 5.69 Å². The number of aliphatic hydroxyl groups is 1. The number of hydrogen-bond acceptors (Lipinski definition) is 9. The van der Waals surface area contributed by atoms with Gasteiger partial charge in [-0.15, -0.1) is 5.10 Å². The van der Waals surface area contributed by atoms with Crippen LogP contribution in [0.3, 0.4) is 0 Å². The summed E-state index contributed by atoms with van der Waals surface area (Å²) in [6, 6.07) is 9.29. The first-order valence-corrected chi connectivity index (χ1v) is 12.6. The number of Topliss-reactive ketones (excluding diaryl/α,β-unsaturated/α-hetero) is 1. The molecule has 1 aliphatic heterocycles. The van der Waals surface area contributed by atoms with Crippen molar-refractivity contribution in [2.75, 3.05) is 63.3 Å². The molecule has 0 radical (unpaired) electrons.